The molecule has 2 rings (SSSR count). The molecule has 0 aliphatic carbocycles. The molecule has 0 aliphatic rings. The molecule has 1 unspecified atom stereocenters. The van der Waals surface area contributed by atoms with Gasteiger partial charge in [-0.1, -0.05) is 11.6 Å². The first-order valence-corrected chi connectivity index (χ1v) is 7.35. The van der Waals surface area contributed by atoms with Crippen molar-refractivity contribution in [2.24, 2.45) is 7.05 Å². The molecule has 0 fully saturated rings. The van der Waals surface area contributed by atoms with Gasteiger partial charge in [-0.05, 0) is 19.1 Å². The fourth-order valence-electron chi connectivity index (χ4n) is 1.93. The van der Waals surface area contributed by atoms with Crippen LogP contribution >= 0.6 is 22.9 Å². The first-order valence-electron chi connectivity index (χ1n) is 6.15. The summed E-state index contributed by atoms with van der Waals surface area (Å²) in [6.07, 6.45) is 1.91. The highest BCUT2D eigenvalue weighted by Crippen LogP contribution is 2.26. The molecule has 1 atom stereocenters. The van der Waals surface area contributed by atoms with E-state index in [1.54, 1.807) is 11.3 Å². The second-order valence-corrected chi connectivity index (χ2v) is 6.49. The molecular formula is C13H19ClN4S. The highest BCUT2D eigenvalue weighted by Gasteiger charge is 2.11. The number of nitrogens with one attached hydrogen (secondary N) is 1. The zero-order valence-corrected chi connectivity index (χ0v) is 13.2. The molecule has 0 aromatic carbocycles. The summed E-state index contributed by atoms with van der Waals surface area (Å²) < 4.78 is 2.93. The Morgan fingerprint density at radius 3 is 2.74 bits per heavy atom. The van der Waals surface area contributed by atoms with Gasteiger partial charge < -0.3 is 14.8 Å². The Kier molecular flexibility index (Phi) is 4.50. The molecule has 2 aromatic rings. The lowest BCUT2D eigenvalue weighted by atomic mass is 10.2. The Hall–Kier alpha value is -1.04. The molecule has 0 saturated carbocycles. The maximum atomic E-state index is 5.96. The van der Waals surface area contributed by atoms with E-state index in [2.05, 4.69) is 27.9 Å². The number of anilines is 1. The summed E-state index contributed by atoms with van der Waals surface area (Å²) in [5.41, 5.74) is 1.17. The van der Waals surface area contributed by atoms with Gasteiger partial charge in [0.2, 0.25) is 5.95 Å². The third-order valence-electron chi connectivity index (χ3n) is 3.07. The molecule has 2 heterocycles. The maximum Gasteiger partial charge on any atom is 0.204 e. The van der Waals surface area contributed by atoms with Crippen molar-refractivity contribution in [1.82, 2.24) is 14.9 Å². The fraction of sp³-hybridized carbons (Fsp3) is 0.462. The van der Waals surface area contributed by atoms with Crippen molar-refractivity contribution < 1.29 is 0 Å². The van der Waals surface area contributed by atoms with Gasteiger partial charge in [0.25, 0.3) is 0 Å². The Labute approximate surface area is 123 Å². The van der Waals surface area contributed by atoms with Gasteiger partial charge in [-0.3, -0.25) is 0 Å². The van der Waals surface area contributed by atoms with E-state index in [4.69, 9.17) is 11.6 Å². The van der Waals surface area contributed by atoms with Crippen molar-refractivity contribution in [3.63, 3.8) is 0 Å². The van der Waals surface area contributed by atoms with E-state index in [0.717, 1.165) is 16.8 Å². The molecule has 2 aromatic heterocycles. The lowest BCUT2D eigenvalue weighted by Gasteiger charge is -2.15. The molecule has 0 bridgehead atoms. The van der Waals surface area contributed by atoms with E-state index >= 15 is 0 Å². The topological polar surface area (TPSA) is 33.1 Å². The maximum absolute atomic E-state index is 5.96. The van der Waals surface area contributed by atoms with Gasteiger partial charge in [0.1, 0.15) is 0 Å². The van der Waals surface area contributed by atoms with Crippen LogP contribution in [0.4, 0.5) is 5.95 Å². The van der Waals surface area contributed by atoms with E-state index in [9.17, 15) is 0 Å². The molecular weight excluding hydrogens is 280 g/mol. The summed E-state index contributed by atoms with van der Waals surface area (Å²) in [6.45, 7) is 2.93. The minimum absolute atomic E-state index is 0.287. The monoisotopic (exact) mass is 298 g/mol. The fourth-order valence-corrected chi connectivity index (χ4v) is 3.02. The van der Waals surface area contributed by atoms with Gasteiger partial charge in [0.15, 0.2) is 0 Å². The number of hydrogen-bond acceptors (Lipinski definition) is 4. The number of nitrogens with zero attached hydrogens (tertiary/aromatic N) is 3. The summed E-state index contributed by atoms with van der Waals surface area (Å²) in [5, 5.41) is 3.49. The third kappa shape index (κ3) is 3.29. The zero-order chi connectivity index (χ0) is 14.0. The quantitative estimate of drug-likeness (QED) is 0.921. The Bertz CT molecular complexity index is 547. The van der Waals surface area contributed by atoms with Crippen LogP contribution in [0.1, 0.15) is 23.5 Å². The smallest absolute Gasteiger partial charge is 0.204 e. The summed E-state index contributed by atoms with van der Waals surface area (Å²) in [5.74, 6) is 0.962. The van der Waals surface area contributed by atoms with Gasteiger partial charge in [-0.15, -0.1) is 11.3 Å². The average Bonchev–Trinajstić information content (AvgIpc) is 2.93. The molecule has 6 heteroatoms. The largest absolute Gasteiger partial charge is 0.348 e. The third-order valence-corrected chi connectivity index (χ3v) is 4.48. The van der Waals surface area contributed by atoms with Crippen LogP contribution in [0, 0.1) is 0 Å². The van der Waals surface area contributed by atoms with Crippen LogP contribution in [0.5, 0.6) is 0 Å². The van der Waals surface area contributed by atoms with Crippen LogP contribution in [0.3, 0.4) is 0 Å². The minimum atomic E-state index is 0.287. The normalized spacial score (nSPS) is 12.7. The highest BCUT2D eigenvalue weighted by atomic mass is 35.5. The molecule has 1 N–H and O–H groups in total. The standard InChI is InChI=1S/C13H19ClN4S/c1-9(11-5-6-12(14)19-11)15-7-10-8-16-13(17(2)3)18(10)4/h5-6,8-9,15H,7H2,1-4H3. The molecule has 0 amide bonds. The second-order valence-electron chi connectivity index (χ2n) is 4.75. The van der Waals surface area contributed by atoms with Crippen molar-refractivity contribution in [3.05, 3.63) is 33.2 Å². The van der Waals surface area contributed by atoms with Gasteiger partial charge >= 0.3 is 0 Å². The van der Waals surface area contributed by atoms with E-state index in [1.807, 2.05) is 38.3 Å². The predicted octanol–water partition coefficient (Wildman–Crippen LogP) is 3.05. The Balaban J connectivity index is 1.99. The van der Waals surface area contributed by atoms with Gasteiger partial charge in [0, 0.05) is 38.6 Å². The second kappa shape index (κ2) is 5.94. The zero-order valence-electron chi connectivity index (χ0n) is 11.6. The van der Waals surface area contributed by atoms with Crippen molar-refractivity contribution in [3.8, 4) is 0 Å². The summed E-state index contributed by atoms with van der Waals surface area (Å²) in [6, 6.07) is 4.29. The van der Waals surface area contributed by atoms with Gasteiger partial charge in [-0.2, -0.15) is 0 Å². The summed E-state index contributed by atoms with van der Waals surface area (Å²) in [4.78, 5) is 7.66. The van der Waals surface area contributed by atoms with Crippen LogP contribution in [-0.2, 0) is 13.6 Å². The highest BCUT2D eigenvalue weighted by molar-refractivity contribution is 7.16. The number of halogens is 1. The first kappa shape index (κ1) is 14.4. The van der Waals surface area contributed by atoms with Crippen LogP contribution in [0.25, 0.3) is 0 Å². The number of rotatable bonds is 5. The van der Waals surface area contributed by atoms with Crippen molar-refractivity contribution in [2.45, 2.75) is 19.5 Å². The average molecular weight is 299 g/mol. The van der Waals surface area contributed by atoms with Crippen molar-refractivity contribution >= 4 is 28.9 Å². The Morgan fingerprint density at radius 2 is 2.21 bits per heavy atom. The van der Waals surface area contributed by atoms with Crippen molar-refractivity contribution in [1.29, 1.82) is 0 Å². The van der Waals surface area contributed by atoms with Crippen LogP contribution in [0.15, 0.2) is 18.3 Å². The van der Waals surface area contributed by atoms with Crippen LogP contribution in [-0.4, -0.2) is 23.6 Å². The Morgan fingerprint density at radius 1 is 1.47 bits per heavy atom. The van der Waals surface area contributed by atoms with E-state index < -0.39 is 0 Å². The predicted molar refractivity (Wildman–Crippen MR) is 82.1 cm³/mol. The minimum Gasteiger partial charge on any atom is -0.348 e. The number of hydrogen-bond donors (Lipinski definition) is 1. The van der Waals surface area contributed by atoms with Crippen LogP contribution in [0.2, 0.25) is 4.34 Å². The molecule has 4 nitrogen and oxygen atoms in total. The molecule has 0 saturated heterocycles. The SMILES string of the molecule is CC(NCc1cnc(N(C)C)n1C)c1ccc(Cl)s1. The molecule has 0 radical (unpaired) electrons. The molecule has 0 spiro atoms. The van der Waals surface area contributed by atoms with Crippen molar-refractivity contribution in [2.75, 3.05) is 19.0 Å². The molecule has 104 valence electrons. The lowest BCUT2D eigenvalue weighted by molar-refractivity contribution is 0.565. The van der Waals surface area contributed by atoms with Gasteiger partial charge in [-0.25, -0.2) is 4.98 Å². The number of imidazole rings is 1. The summed E-state index contributed by atoms with van der Waals surface area (Å²) in [7, 11) is 6.03. The van der Waals surface area contributed by atoms with E-state index in [0.29, 0.717) is 0 Å². The number of aromatic nitrogens is 2. The number of thiophene rings is 1. The first-order chi connectivity index (χ1) is 8.99. The lowest BCUT2D eigenvalue weighted by Crippen LogP contribution is -2.20. The molecule has 19 heavy (non-hydrogen) atoms. The van der Waals surface area contributed by atoms with E-state index in [-0.39, 0.29) is 6.04 Å². The van der Waals surface area contributed by atoms with E-state index in [1.165, 1.54) is 10.6 Å². The summed E-state index contributed by atoms with van der Waals surface area (Å²) >= 11 is 7.57. The van der Waals surface area contributed by atoms with Crippen LogP contribution < -0.4 is 10.2 Å². The van der Waals surface area contributed by atoms with Gasteiger partial charge in [0.05, 0.1) is 16.2 Å². The molecule has 0 aliphatic heterocycles.